The van der Waals surface area contributed by atoms with Gasteiger partial charge in [-0.05, 0) is 60.7 Å². The van der Waals surface area contributed by atoms with Gasteiger partial charge in [0.1, 0.15) is 0 Å². The third-order valence-electron chi connectivity index (χ3n) is 8.14. The molecule has 1 saturated carbocycles. The summed E-state index contributed by atoms with van der Waals surface area (Å²) in [6.07, 6.45) is 18.9. The van der Waals surface area contributed by atoms with E-state index in [4.69, 9.17) is 0 Å². The van der Waals surface area contributed by atoms with Crippen molar-refractivity contribution in [2.45, 2.75) is 132 Å². The molecule has 1 aliphatic rings. The first-order chi connectivity index (χ1) is 13.0. The van der Waals surface area contributed by atoms with Crippen molar-refractivity contribution < 1.29 is 0 Å². The van der Waals surface area contributed by atoms with Crippen LogP contribution in [0.3, 0.4) is 0 Å². The molecule has 6 atom stereocenters. The summed E-state index contributed by atoms with van der Waals surface area (Å²) in [5, 5.41) is 0. The van der Waals surface area contributed by atoms with E-state index in [9.17, 15) is 0 Å². The lowest BCUT2D eigenvalue weighted by molar-refractivity contribution is 0.0926. The van der Waals surface area contributed by atoms with Gasteiger partial charge in [-0.25, -0.2) is 0 Å². The van der Waals surface area contributed by atoms with Crippen molar-refractivity contribution in [3.63, 3.8) is 0 Å². The lowest BCUT2D eigenvalue weighted by Gasteiger charge is -2.40. The van der Waals surface area contributed by atoms with E-state index in [2.05, 4.69) is 48.5 Å². The summed E-state index contributed by atoms with van der Waals surface area (Å²) >= 11 is 0. The summed E-state index contributed by atoms with van der Waals surface area (Å²) in [5.74, 6) is 6.67. The highest BCUT2D eigenvalue weighted by Gasteiger charge is 2.40. The fourth-order valence-corrected chi connectivity index (χ4v) is 6.52. The van der Waals surface area contributed by atoms with Crippen LogP contribution in [-0.4, -0.2) is 0 Å². The van der Waals surface area contributed by atoms with Crippen LogP contribution in [-0.2, 0) is 0 Å². The number of unbranched alkanes of at least 4 members (excludes halogenated alkanes) is 4. The van der Waals surface area contributed by atoms with E-state index in [-0.39, 0.29) is 0 Å². The molecule has 0 aromatic heterocycles. The van der Waals surface area contributed by atoms with Crippen LogP contribution < -0.4 is 0 Å². The maximum absolute atomic E-state index is 2.63. The Morgan fingerprint density at radius 1 is 0.667 bits per heavy atom. The van der Waals surface area contributed by atoms with E-state index in [0.717, 1.165) is 41.4 Å². The lowest BCUT2D eigenvalue weighted by atomic mass is 9.66. The minimum Gasteiger partial charge on any atom is -0.0654 e. The zero-order valence-electron chi connectivity index (χ0n) is 20.2. The molecule has 1 aliphatic carbocycles. The van der Waals surface area contributed by atoms with Crippen LogP contribution >= 0.6 is 0 Å². The van der Waals surface area contributed by atoms with Crippen molar-refractivity contribution >= 4 is 0 Å². The molecule has 1 rings (SSSR count). The van der Waals surface area contributed by atoms with Crippen LogP contribution in [0.25, 0.3) is 0 Å². The molecule has 0 nitrogen and oxygen atoms in total. The molecule has 162 valence electrons. The number of hydrogen-bond donors (Lipinski definition) is 0. The van der Waals surface area contributed by atoms with Crippen molar-refractivity contribution in [3.8, 4) is 0 Å². The molecule has 1 fully saturated rings. The van der Waals surface area contributed by atoms with E-state index in [1.165, 1.54) is 83.5 Å². The van der Waals surface area contributed by atoms with Crippen LogP contribution in [0.15, 0.2) is 0 Å². The van der Waals surface area contributed by atoms with E-state index in [1.54, 1.807) is 0 Å². The van der Waals surface area contributed by atoms with Gasteiger partial charge in [0.2, 0.25) is 0 Å². The zero-order valence-corrected chi connectivity index (χ0v) is 20.2. The van der Waals surface area contributed by atoms with Crippen molar-refractivity contribution in [1.82, 2.24) is 0 Å². The van der Waals surface area contributed by atoms with E-state index < -0.39 is 0 Å². The molecule has 6 unspecified atom stereocenters. The van der Waals surface area contributed by atoms with Crippen molar-refractivity contribution in [2.24, 2.45) is 41.4 Å². The number of rotatable bonds is 15. The molecule has 0 N–H and O–H groups in total. The molecule has 0 amide bonds. The quantitative estimate of drug-likeness (QED) is 0.249. The summed E-state index contributed by atoms with van der Waals surface area (Å²) in [6.45, 7) is 17.3. The molecule has 0 aliphatic heterocycles. The molecule has 27 heavy (non-hydrogen) atoms. The topological polar surface area (TPSA) is 0 Å². The van der Waals surface area contributed by atoms with Gasteiger partial charge in [-0.15, -0.1) is 0 Å². The van der Waals surface area contributed by atoms with Gasteiger partial charge < -0.3 is 0 Å². The largest absolute Gasteiger partial charge is 0.0654 e. The van der Waals surface area contributed by atoms with Crippen LogP contribution in [0, 0.1) is 41.4 Å². The zero-order chi connectivity index (χ0) is 20.2. The Morgan fingerprint density at radius 3 is 1.93 bits per heavy atom. The predicted molar refractivity (Wildman–Crippen MR) is 124 cm³/mol. The van der Waals surface area contributed by atoms with E-state index in [0.29, 0.717) is 0 Å². The SMILES string of the molecule is CCCCCCC(C(C)CCCC)C1CCCC1C(C)C(CCC)C(C)C. The Hall–Kier alpha value is 0. The Kier molecular flexibility index (Phi) is 13.0. The Morgan fingerprint density at radius 2 is 1.33 bits per heavy atom. The maximum atomic E-state index is 2.63. The summed E-state index contributed by atoms with van der Waals surface area (Å²) in [6, 6.07) is 0. The van der Waals surface area contributed by atoms with Crippen LogP contribution in [0.4, 0.5) is 0 Å². The maximum Gasteiger partial charge on any atom is -0.0352 e. The molecule has 0 aromatic carbocycles. The fraction of sp³-hybridized carbons (Fsp3) is 1.00. The second-order valence-electron chi connectivity index (χ2n) is 10.4. The highest BCUT2D eigenvalue weighted by molar-refractivity contribution is 4.90. The van der Waals surface area contributed by atoms with Gasteiger partial charge in [0, 0.05) is 0 Å². The fourth-order valence-electron chi connectivity index (χ4n) is 6.52. The molecule has 0 radical (unpaired) electrons. The summed E-state index contributed by atoms with van der Waals surface area (Å²) in [7, 11) is 0. The molecule has 0 spiro atoms. The molecular weight excluding hydrogens is 324 g/mol. The van der Waals surface area contributed by atoms with Gasteiger partial charge >= 0.3 is 0 Å². The summed E-state index contributed by atoms with van der Waals surface area (Å²) < 4.78 is 0. The van der Waals surface area contributed by atoms with Gasteiger partial charge in [0.25, 0.3) is 0 Å². The van der Waals surface area contributed by atoms with Crippen LogP contribution in [0.5, 0.6) is 0 Å². The van der Waals surface area contributed by atoms with E-state index >= 15 is 0 Å². The Labute approximate surface area is 173 Å². The summed E-state index contributed by atoms with van der Waals surface area (Å²) in [4.78, 5) is 0. The van der Waals surface area contributed by atoms with E-state index in [1.807, 2.05) is 0 Å². The van der Waals surface area contributed by atoms with Gasteiger partial charge in [-0.1, -0.05) is 113 Å². The second-order valence-corrected chi connectivity index (χ2v) is 10.4. The van der Waals surface area contributed by atoms with Crippen LogP contribution in [0.2, 0.25) is 0 Å². The monoisotopic (exact) mass is 378 g/mol. The highest BCUT2D eigenvalue weighted by Crippen LogP contribution is 2.49. The standard InChI is InChI=1S/C27H54/c1-8-11-13-14-18-25(22(6)17-12-9-2)27-20-15-19-26(27)23(7)24(16-10-3)21(4)5/h21-27H,8-20H2,1-7H3. The summed E-state index contributed by atoms with van der Waals surface area (Å²) in [5.41, 5.74) is 0. The molecule has 0 bridgehead atoms. The first-order valence-electron chi connectivity index (χ1n) is 13.0. The minimum absolute atomic E-state index is 0.849. The third-order valence-corrected chi connectivity index (χ3v) is 8.14. The average Bonchev–Trinajstić information content (AvgIpc) is 3.12. The third kappa shape index (κ3) is 8.10. The van der Waals surface area contributed by atoms with Crippen molar-refractivity contribution in [3.05, 3.63) is 0 Å². The highest BCUT2D eigenvalue weighted by atomic mass is 14.5. The molecule has 0 heterocycles. The predicted octanol–water partition coefficient (Wildman–Crippen LogP) is 9.52. The number of hydrogen-bond acceptors (Lipinski definition) is 0. The van der Waals surface area contributed by atoms with Gasteiger partial charge in [-0.3, -0.25) is 0 Å². The first-order valence-corrected chi connectivity index (χ1v) is 13.0. The molecule has 0 heteroatoms. The average molecular weight is 379 g/mol. The first kappa shape index (κ1) is 25.0. The normalized spacial score (nSPS) is 24.9. The van der Waals surface area contributed by atoms with Gasteiger partial charge in [0.15, 0.2) is 0 Å². The van der Waals surface area contributed by atoms with Crippen LogP contribution in [0.1, 0.15) is 132 Å². The van der Waals surface area contributed by atoms with Crippen molar-refractivity contribution in [2.75, 3.05) is 0 Å². The molecule has 0 saturated heterocycles. The molecular formula is C27H54. The van der Waals surface area contributed by atoms with Gasteiger partial charge in [-0.2, -0.15) is 0 Å². The smallest absolute Gasteiger partial charge is 0.0352 e. The van der Waals surface area contributed by atoms with Gasteiger partial charge in [0.05, 0.1) is 0 Å². The molecule has 0 aromatic rings. The minimum atomic E-state index is 0.849. The Balaban J connectivity index is 2.85. The lowest BCUT2D eigenvalue weighted by Crippen LogP contribution is -2.33. The van der Waals surface area contributed by atoms with Crippen molar-refractivity contribution in [1.29, 1.82) is 0 Å². The second kappa shape index (κ2) is 14.1. The Bertz CT molecular complexity index is 344.